The highest BCUT2D eigenvalue weighted by Gasteiger charge is 2.04. The summed E-state index contributed by atoms with van der Waals surface area (Å²) in [6, 6.07) is 15.7. The van der Waals surface area contributed by atoms with Gasteiger partial charge in [-0.25, -0.2) is 0 Å². The normalized spacial score (nSPS) is 10.5. The van der Waals surface area contributed by atoms with Gasteiger partial charge in [0.2, 0.25) is 0 Å². The lowest BCUT2D eigenvalue weighted by atomic mass is 10.1. The van der Waals surface area contributed by atoms with E-state index in [4.69, 9.17) is 11.6 Å². The standard InChI is InChI=1S/C19H22ClNOS/c1-2-3-4-13-21-19(22)16-7-5-15(6-8-16)14-23-18-11-9-17(20)10-12-18/h5-12H,2-4,13-14H2,1H3,(H,21,22). The third-order valence-corrected chi connectivity index (χ3v) is 4.84. The van der Waals surface area contributed by atoms with Crippen molar-refractivity contribution in [2.24, 2.45) is 0 Å². The molecule has 0 aromatic heterocycles. The van der Waals surface area contributed by atoms with Crippen molar-refractivity contribution in [3.05, 3.63) is 64.7 Å². The lowest BCUT2D eigenvalue weighted by molar-refractivity contribution is 0.0953. The Labute approximate surface area is 147 Å². The van der Waals surface area contributed by atoms with Gasteiger partial charge in [-0.3, -0.25) is 4.79 Å². The maximum absolute atomic E-state index is 12.0. The fourth-order valence-electron chi connectivity index (χ4n) is 2.13. The van der Waals surface area contributed by atoms with E-state index in [0.29, 0.717) is 0 Å². The Morgan fingerprint density at radius 1 is 1.04 bits per heavy atom. The fraction of sp³-hybridized carbons (Fsp3) is 0.316. The Kier molecular flexibility index (Phi) is 7.50. The highest BCUT2D eigenvalue weighted by molar-refractivity contribution is 7.98. The van der Waals surface area contributed by atoms with Gasteiger partial charge < -0.3 is 5.32 Å². The molecule has 0 unspecified atom stereocenters. The number of amides is 1. The molecule has 4 heteroatoms. The average molecular weight is 348 g/mol. The van der Waals surface area contributed by atoms with E-state index in [0.717, 1.165) is 42.1 Å². The SMILES string of the molecule is CCCCCNC(=O)c1ccc(CSc2ccc(Cl)cc2)cc1. The van der Waals surface area contributed by atoms with Crippen LogP contribution < -0.4 is 5.32 Å². The predicted octanol–water partition coefficient (Wildman–Crippen LogP) is 5.55. The first-order chi connectivity index (χ1) is 11.2. The Hall–Kier alpha value is -1.45. The van der Waals surface area contributed by atoms with Crippen LogP contribution in [0.15, 0.2) is 53.4 Å². The van der Waals surface area contributed by atoms with Crippen molar-refractivity contribution in [2.75, 3.05) is 6.54 Å². The molecule has 0 aliphatic carbocycles. The Morgan fingerprint density at radius 3 is 2.39 bits per heavy atom. The highest BCUT2D eigenvalue weighted by Crippen LogP contribution is 2.24. The van der Waals surface area contributed by atoms with Crippen LogP contribution in [0.1, 0.15) is 42.1 Å². The molecule has 0 aliphatic rings. The summed E-state index contributed by atoms with van der Waals surface area (Å²) >= 11 is 7.64. The van der Waals surface area contributed by atoms with Gasteiger partial charge in [0.15, 0.2) is 0 Å². The lowest BCUT2D eigenvalue weighted by Gasteiger charge is -2.06. The topological polar surface area (TPSA) is 29.1 Å². The summed E-state index contributed by atoms with van der Waals surface area (Å²) in [7, 11) is 0. The predicted molar refractivity (Wildman–Crippen MR) is 99.3 cm³/mol. The third-order valence-electron chi connectivity index (χ3n) is 3.50. The molecule has 2 aromatic carbocycles. The summed E-state index contributed by atoms with van der Waals surface area (Å²) in [6.45, 7) is 2.91. The molecule has 0 bridgehead atoms. The molecule has 0 heterocycles. The van der Waals surface area contributed by atoms with Gasteiger partial charge in [-0.2, -0.15) is 0 Å². The summed E-state index contributed by atoms with van der Waals surface area (Å²) in [6.07, 6.45) is 3.36. The third kappa shape index (κ3) is 6.28. The maximum atomic E-state index is 12.0. The number of nitrogens with one attached hydrogen (secondary N) is 1. The number of hydrogen-bond acceptors (Lipinski definition) is 2. The van der Waals surface area contributed by atoms with E-state index in [1.54, 1.807) is 11.8 Å². The van der Waals surface area contributed by atoms with Gasteiger partial charge in [0.05, 0.1) is 0 Å². The zero-order valence-electron chi connectivity index (χ0n) is 13.3. The molecule has 2 rings (SSSR count). The highest BCUT2D eigenvalue weighted by atomic mass is 35.5. The molecule has 0 saturated carbocycles. The summed E-state index contributed by atoms with van der Waals surface area (Å²) < 4.78 is 0. The molecular formula is C19H22ClNOS. The summed E-state index contributed by atoms with van der Waals surface area (Å²) in [5.41, 5.74) is 1.93. The van der Waals surface area contributed by atoms with E-state index >= 15 is 0 Å². The van der Waals surface area contributed by atoms with Crippen LogP contribution >= 0.6 is 23.4 Å². The first-order valence-electron chi connectivity index (χ1n) is 7.94. The number of halogens is 1. The molecular weight excluding hydrogens is 326 g/mol. The van der Waals surface area contributed by atoms with Crippen molar-refractivity contribution in [3.63, 3.8) is 0 Å². The van der Waals surface area contributed by atoms with Crippen molar-refractivity contribution >= 4 is 29.3 Å². The first kappa shape index (κ1) is 17.9. The van der Waals surface area contributed by atoms with E-state index in [1.807, 2.05) is 48.5 Å². The fourth-order valence-corrected chi connectivity index (χ4v) is 3.11. The van der Waals surface area contributed by atoms with Gasteiger partial charge in [-0.05, 0) is 48.4 Å². The van der Waals surface area contributed by atoms with Gasteiger partial charge >= 0.3 is 0 Å². The van der Waals surface area contributed by atoms with Gasteiger partial charge in [-0.15, -0.1) is 11.8 Å². The number of carbonyl (C=O) groups excluding carboxylic acids is 1. The quantitative estimate of drug-likeness (QED) is 0.501. The second-order valence-electron chi connectivity index (χ2n) is 5.40. The minimum atomic E-state index is 0.0120. The molecule has 0 fully saturated rings. The molecule has 0 spiro atoms. The molecule has 2 aromatic rings. The molecule has 0 radical (unpaired) electrons. The lowest BCUT2D eigenvalue weighted by Crippen LogP contribution is -2.24. The molecule has 0 atom stereocenters. The molecule has 23 heavy (non-hydrogen) atoms. The zero-order chi connectivity index (χ0) is 16.5. The van der Waals surface area contributed by atoms with Crippen molar-refractivity contribution in [1.82, 2.24) is 5.32 Å². The van der Waals surface area contributed by atoms with Crippen LogP contribution in [0.5, 0.6) is 0 Å². The molecule has 0 aliphatic heterocycles. The van der Waals surface area contributed by atoms with E-state index < -0.39 is 0 Å². The largest absolute Gasteiger partial charge is 0.352 e. The van der Waals surface area contributed by atoms with Crippen LogP contribution in [0.3, 0.4) is 0 Å². The van der Waals surface area contributed by atoms with E-state index in [2.05, 4.69) is 12.2 Å². The molecule has 0 saturated heterocycles. The molecule has 2 nitrogen and oxygen atoms in total. The number of carbonyl (C=O) groups is 1. The number of unbranched alkanes of at least 4 members (excludes halogenated alkanes) is 2. The Balaban J connectivity index is 1.81. The number of benzene rings is 2. The molecule has 1 N–H and O–H groups in total. The van der Waals surface area contributed by atoms with Crippen LogP contribution in [0.4, 0.5) is 0 Å². The van der Waals surface area contributed by atoms with Crippen molar-refractivity contribution in [1.29, 1.82) is 0 Å². The Morgan fingerprint density at radius 2 is 1.74 bits per heavy atom. The van der Waals surface area contributed by atoms with Crippen molar-refractivity contribution in [2.45, 2.75) is 36.8 Å². The van der Waals surface area contributed by atoms with Gasteiger partial charge in [0, 0.05) is 27.8 Å². The van der Waals surface area contributed by atoms with Crippen LogP contribution in [0.2, 0.25) is 5.02 Å². The van der Waals surface area contributed by atoms with Crippen LogP contribution in [-0.4, -0.2) is 12.5 Å². The van der Waals surface area contributed by atoms with Gasteiger partial charge in [-0.1, -0.05) is 43.5 Å². The second kappa shape index (κ2) is 9.64. The number of hydrogen-bond donors (Lipinski definition) is 1. The van der Waals surface area contributed by atoms with E-state index in [1.165, 1.54) is 10.5 Å². The van der Waals surface area contributed by atoms with Crippen molar-refractivity contribution in [3.8, 4) is 0 Å². The second-order valence-corrected chi connectivity index (χ2v) is 6.89. The average Bonchev–Trinajstić information content (AvgIpc) is 2.58. The monoisotopic (exact) mass is 347 g/mol. The van der Waals surface area contributed by atoms with Crippen LogP contribution in [0, 0.1) is 0 Å². The van der Waals surface area contributed by atoms with Gasteiger partial charge in [0.1, 0.15) is 0 Å². The number of rotatable bonds is 8. The first-order valence-corrected chi connectivity index (χ1v) is 9.31. The van der Waals surface area contributed by atoms with Crippen LogP contribution in [-0.2, 0) is 5.75 Å². The minimum absolute atomic E-state index is 0.0120. The molecule has 1 amide bonds. The summed E-state index contributed by atoms with van der Waals surface area (Å²) in [5.74, 6) is 0.887. The summed E-state index contributed by atoms with van der Waals surface area (Å²) in [4.78, 5) is 13.2. The number of thioether (sulfide) groups is 1. The smallest absolute Gasteiger partial charge is 0.251 e. The molecule has 122 valence electrons. The summed E-state index contributed by atoms with van der Waals surface area (Å²) in [5, 5.41) is 3.71. The van der Waals surface area contributed by atoms with Gasteiger partial charge in [0.25, 0.3) is 5.91 Å². The Bertz CT molecular complexity index is 610. The van der Waals surface area contributed by atoms with Crippen molar-refractivity contribution < 1.29 is 4.79 Å². The van der Waals surface area contributed by atoms with Crippen LogP contribution in [0.25, 0.3) is 0 Å². The van der Waals surface area contributed by atoms with E-state index in [-0.39, 0.29) is 5.91 Å². The van der Waals surface area contributed by atoms with E-state index in [9.17, 15) is 4.79 Å². The maximum Gasteiger partial charge on any atom is 0.251 e. The zero-order valence-corrected chi connectivity index (χ0v) is 14.9. The minimum Gasteiger partial charge on any atom is -0.352 e.